The molecule has 9 nitrogen and oxygen atoms in total. The number of aliphatic hydroxyl groups excluding tert-OH is 1. The standard InChI is InChI=1S/C34H39N7O2S/c1-5-27-31(38(4)33-36-30(29(18-35)44-33)23-8-6-21(2)7-9-23)28-15-25(14-22(3)41(28)37-27)39-12-10-34(11-13-39)16-24(17-34)32(43)40-19-26(42)20-40/h6-9,14-15,24,26,42H,5,10-13,16-17,19-20H2,1-4H3. The van der Waals surface area contributed by atoms with Crippen LogP contribution in [0.4, 0.5) is 16.5 Å². The fourth-order valence-electron chi connectivity index (χ4n) is 7.34. The maximum atomic E-state index is 12.7. The normalized spacial score (nSPS) is 18.4. The molecule has 44 heavy (non-hydrogen) atoms. The SMILES string of the molecule is CCc1nn2c(C)cc(N3CCC4(CC3)CC(C(=O)N3CC(O)C3)C4)cc2c1N(C)c1nc(-c2ccc(C)cc2)c(C#N)s1. The fourth-order valence-corrected chi connectivity index (χ4v) is 8.20. The third-order valence-electron chi connectivity index (χ3n) is 10.0. The van der Waals surface area contributed by atoms with Crippen LogP contribution in [0.15, 0.2) is 36.4 Å². The second kappa shape index (κ2) is 10.9. The minimum Gasteiger partial charge on any atom is -0.389 e. The Morgan fingerprint density at radius 2 is 1.86 bits per heavy atom. The summed E-state index contributed by atoms with van der Waals surface area (Å²) in [5.41, 5.74) is 8.44. The van der Waals surface area contributed by atoms with Gasteiger partial charge in [-0.3, -0.25) is 4.79 Å². The fraction of sp³-hybridized carbons (Fsp3) is 0.471. The van der Waals surface area contributed by atoms with Crippen LogP contribution in [0.3, 0.4) is 0 Å². The predicted molar refractivity (Wildman–Crippen MR) is 174 cm³/mol. The van der Waals surface area contributed by atoms with Crippen LogP contribution in [0, 0.1) is 36.5 Å². The van der Waals surface area contributed by atoms with E-state index < -0.39 is 0 Å². The molecule has 7 rings (SSSR count). The number of benzene rings is 1. The van der Waals surface area contributed by atoms with Crippen molar-refractivity contribution in [2.45, 2.75) is 59.0 Å². The van der Waals surface area contributed by atoms with Gasteiger partial charge >= 0.3 is 0 Å². The highest BCUT2D eigenvalue weighted by Gasteiger charge is 2.50. The number of thiazole rings is 1. The Hall–Kier alpha value is -3.94. The van der Waals surface area contributed by atoms with Gasteiger partial charge < -0.3 is 19.8 Å². The molecular weight excluding hydrogens is 570 g/mol. The summed E-state index contributed by atoms with van der Waals surface area (Å²) in [5, 5.41) is 25.3. The molecule has 3 aromatic heterocycles. The smallest absolute Gasteiger partial charge is 0.225 e. The molecule has 0 bridgehead atoms. The summed E-state index contributed by atoms with van der Waals surface area (Å²) < 4.78 is 2.04. The number of anilines is 3. The van der Waals surface area contributed by atoms with Gasteiger partial charge in [0.15, 0.2) is 5.13 Å². The number of carbonyl (C=O) groups is 1. The number of piperidine rings is 1. The summed E-state index contributed by atoms with van der Waals surface area (Å²) in [5.74, 6) is 0.366. The van der Waals surface area contributed by atoms with Gasteiger partial charge in [0.25, 0.3) is 0 Å². The maximum absolute atomic E-state index is 12.7. The number of hydrogen-bond acceptors (Lipinski definition) is 8. The molecule has 2 aliphatic heterocycles. The van der Waals surface area contributed by atoms with Gasteiger partial charge in [-0.25, -0.2) is 9.50 Å². The monoisotopic (exact) mass is 609 g/mol. The lowest BCUT2D eigenvalue weighted by Gasteiger charge is -2.53. The average Bonchev–Trinajstić information content (AvgIpc) is 3.60. The van der Waals surface area contributed by atoms with E-state index in [-0.39, 0.29) is 23.3 Å². The van der Waals surface area contributed by atoms with Crippen LogP contribution in [-0.4, -0.2) is 69.8 Å². The van der Waals surface area contributed by atoms with Crippen molar-refractivity contribution in [2.75, 3.05) is 43.0 Å². The first-order valence-electron chi connectivity index (χ1n) is 15.6. The number of aliphatic hydroxyl groups is 1. The van der Waals surface area contributed by atoms with Crippen molar-refractivity contribution in [1.29, 1.82) is 5.26 Å². The van der Waals surface area contributed by atoms with Crippen LogP contribution in [0.5, 0.6) is 0 Å². The Bertz CT molecular complexity index is 1760. The number of hydrogen-bond donors (Lipinski definition) is 1. The third kappa shape index (κ3) is 4.83. The van der Waals surface area contributed by atoms with E-state index in [1.165, 1.54) is 22.6 Å². The third-order valence-corrected chi connectivity index (χ3v) is 11.0. The number of amides is 1. The van der Waals surface area contributed by atoms with Gasteiger partial charge in [-0.1, -0.05) is 48.1 Å². The number of nitriles is 1. The zero-order valence-electron chi connectivity index (χ0n) is 25.9. The van der Waals surface area contributed by atoms with Gasteiger partial charge in [-0.05, 0) is 63.5 Å². The minimum absolute atomic E-state index is 0.129. The van der Waals surface area contributed by atoms with E-state index >= 15 is 0 Å². The lowest BCUT2D eigenvalue weighted by molar-refractivity contribution is -0.154. The molecule has 3 fully saturated rings. The van der Waals surface area contributed by atoms with Crippen molar-refractivity contribution in [3.8, 4) is 17.3 Å². The Balaban J connectivity index is 1.13. The van der Waals surface area contributed by atoms with E-state index in [2.05, 4.69) is 60.9 Å². The molecule has 1 N–H and O–H groups in total. The molecule has 1 saturated carbocycles. The molecule has 0 unspecified atom stereocenters. The Morgan fingerprint density at radius 3 is 2.50 bits per heavy atom. The van der Waals surface area contributed by atoms with Gasteiger partial charge in [-0.2, -0.15) is 10.4 Å². The number of rotatable bonds is 6. The minimum atomic E-state index is -0.339. The zero-order valence-corrected chi connectivity index (χ0v) is 26.7. The van der Waals surface area contributed by atoms with Crippen molar-refractivity contribution in [3.63, 3.8) is 0 Å². The summed E-state index contributed by atoms with van der Waals surface area (Å²) in [7, 11) is 2.02. The lowest BCUT2D eigenvalue weighted by atomic mass is 9.57. The Kier molecular flexibility index (Phi) is 7.13. The number of carbonyl (C=O) groups excluding carboxylic acids is 1. The number of nitrogens with zero attached hydrogens (tertiary/aromatic N) is 7. The van der Waals surface area contributed by atoms with Gasteiger partial charge in [0.1, 0.15) is 16.6 Å². The van der Waals surface area contributed by atoms with Crippen LogP contribution >= 0.6 is 11.3 Å². The second-order valence-electron chi connectivity index (χ2n) is 13.0. The molecule has 5 heterocycles. The highest BCUT2D eigenvalue weighted by Crippen LogP contribution is 2.53. The van der Waals surface area contributed by atoms with Crippen molar-refractivity contribution in [2.24, 2.45) is 11.3 Å². The van der Waals surface area contributed by atoms with Gasteiger partial charge in [0.2, 0.25) is 5.91 Å². The van der Waals surface area contributed by atoms with E-state index in [9.17, 15) is 15.2 Å². The molecule has 1 aromatic carbocycles. The quantitative estimate of drug-likeness (QED) is 0.309. The zero-order chi connectivity index (χ0) is 30.7. The van der Waals surface area contributed by atoms with E-state index in [0.717, 1.165) is 84.2 Å². The molecule has 3 aliphatic rings. The molecule has 1 amide bonds. The van der Waals surface area contributed by atoms with Crippen molar-refractivity contribution in [3.05, 3.63) is 58.2 Å². The van der Waals surface area contributed by atoms with E-state index in [1.54, 1.807) is 0 Å². The number of aryl methyl sites for hydroxylation is 3. The van der Waals surface area contributed by atoms with Crippen LogP contribution < -0.4 is 9.80 Å². The number of fused-ring (bicyclic) bond motifs is 1. The van der Waals surface area contributed by atoms with Crippen molar-refractivity contribution < 1.29 is 9.90 Å². The number of likely N-dealkylation sites (tertiary alicyclic amines) is 1. The summed E-state index contributed by atoms with van der Waals surface area (Å²) in [6.45, 7) is 9.23. The first-order chi connectivity index (χ1) is 21.2. The van der Waals surface area contributed by atoms with Gasteiger partial charge in [-0.15, -0.1) is 0 Å². The van der Waals surface area contributed by atoms with Crippen LogP contribution in [0.25, 0.3) is 16.8 Å². The molecule has 4 aromatic rings. The number of β-amino-alcohol motifs (C(OH)–C–C–N with tert-alkyl or cyclic N) is 1. The summed E-state index contributed by atoms with van der Waals surface area (Å²) in [4.78, 5) is 24.7. The van der Waals surface area contributed by atoms with Gasteiger partial charge in [0, 0.05) is 56.1 Å². The molecule has 10 heteroatoms. The molecule has 0 radical (unpaired) electrons. The largest absolute Gasteiger partial charge is 0.389 e. The molecule has 1 aliphatic carbocycles. The molecule has 0 atom stereocenters. The van der Waals surface area contributed by atoms with Crippen LogP contribution in [0.2, 0.25) is 0 Å². The topological polar surface area (TPSA) is 101 Å². The summed E-state index contributed by atoms with van der Waals surface area (Å²) >= 11 is 1.41. The van der Waals surface area contributed by atoms with Gasteiger partial charge in [0.05, 0.1) is 23.0 Å². The molecule has 228 valence electrons. The first-order valence-corrected chi connectivity index (χ1v) is 16.5. The summed E-state index contributed by atoms with van der Waals surface area (Å²) in [6, 6.07) is 15.0. The van der Waals surface area contributed by atoms with Crippen molar-refractivity contribution >= 4 is 39.3 Å². The van der Waals surface area contributed by atoms with E-state index in [1.807, 2.05) is 28.6 Å². The summed E-state index contributed by atoms with van der Waals surface area (Å²) in [6.07, 6.45) is 4.58. The highest BCUT2D eigenvalue weighted by molar-refractivity contribution is 7.16. The van der Waals surface area contributed by atoms with Crippen LogP contribution in [0.1, 0.15) is 54.4 Å². The number of pyridine rings is 1. The molecule has 2 saturated heterocycles. The highest BCUT2D eigenvalue weighted by atomic mass is 32.1. The van der Waals surface area contributed by atoms with Crippen molar-refractivity contribution in [1.82, 2.24) is 19.5 Å². The molecular formula is C34H39N7O2S. The lowest BCUT2D eigenvalue weighted by Crippen LogP contribution is -2.58. The average molecular weight is 610 g/mol. The Morgan fingerprint density at radius 1 is 1.16 bits per heavy atom. The second-order valence-corrected chi connectivity index (χ2v) is 14.0. The Labute approximate surface area is 262 Å². The number of aromatic nitrogens is 3. The maximum Gasteiger partial charge on any atom is 0.225 e. The molecule has 1 spiro atoms. The predicted octanol–water partition coefficient (Wildman–Crippen LogP) is 5.48. The van der Waals surface area contributed by atoms with Crippen LogP contribution in [-0.2, 0) is 11.2 Å². The first kappa shape index (κ1) is 28.8. The van der Waals surface area contributed by atoms with E-state index in [0.29, 0.717) is 18.0 Å². The van der Waals surface area contributed by atoms with E-state index in [4.69, 9.17) is 10.1 Å².